The number of rotatable bonds is 2. The van der Waals surface area contributed by atoms with Crippen molar-refractivity contribution >= 4 is 50.1 Å². The van der Waals surface area contributed by atoms with Gasteiger partial charge in [-0.25, -0.2) is 0 Å². The van der Waals surface area contributed by atoms with Crippen molar-refractivity contribution in [2.24, 2.45) is 0 Å². The van der Waals surface area contributed by atoms with Gasteiger partial charge in [0.1, 0.15) is 0 Å². The number of hydrogen-bond acceptors (Lipinski definition) is 0. The Balaban J connectivity index is 2.29. The zero-order valence-electron chi connectivity index (χ0n) is 11.8. The van der Waals surface area contributed by atoms with E-state index >= 15 is 0 Å². The normalized spacial score (nSPS) is 13.3. The van der Waals surface area contributed by atoms with Crippen molar-refractivity contribution in [2.75, 3.05) is 0 Å². The van der Waals surface area contributed by atoms with Crippen LogP contribution in [0.15, 0.2) is 42.5 Å². The van der Waals surface area contributed by atoms with Crippen molar-refractivity contribution < 1.29 is 0 Å². The van der Waals surface area contributed by atoms with Gasteiger partial charge in [-0.3, -0.25) is 0 Å². The summed E-state index contributed by atoms with van der Waals surface area (Å²) in [4.78, 5) is 0.172. The quantitative estimate of drug-likeness (QED) is 0.342. The Labute approximate surface area is 148 Å². The van der Waals surface area contributed by atoms with Gasteiger partial charge in [0, 0.05) is 3.57 Å². The minimum atomic E-state index is 0.172. The minimum Gasteiger partial charge on any atom is -0.0832 e. The molecule has 3 heteroatoms. The molecule has 0 aliphatic carbocycles. The molecule has 0 amide bonds. The van der Waals surface area contributed by atoms with Crippen LogP contribution in [-0.2, 0) is 5.41 Å². The predicted molar refractivity (Wildman–Crippen MR) is 100 cm³/mol. The largest absolute Gasteiger partial charge is 0.0832 e. The van der Waals surface area contributed by atoms with Crippen molar-refractivity contribution in [3.8, 4) is 0 Å². The number of alkyl halides is 1. The summed E-state index contributed by atoms with van der Waals surface area (Å²) in [6.45, 7) is 6.69. The molecule has 0 bridgehead atoms. The molecule has 0 fully saturated rings. The van der Waals surface area contributed by atoms with Crippen LogP contribution in [0.4, 0.5) is 0 Å². The molecular formula is C17H17BrClI. The van der Waals surface area contributed by atoms with Crippen LogP contribution < -0.4 is 0 Å². The number of hydrogen-bond donors (Lipinski definition) is 0. The van der Waals surface area contributed by atoms with Crippen molar-refractivity contribution in [2.45, 2.75) is 31.0 Å². The highest BCUT2D eigenvalue weighted by molar-refractivity contribution is 14.1. The summed E-state index contributed by atoms with van der Waals surface area (Å²) in [6.07, 6.45) is 0. The Bertz CT molecular complexity index is 599. The molecule has 2 aromatic carbocycles. The number of halogens is 3. The predicted octanol–water partition coefficient (Wildman–Crippen LogP) is 6.73. The van der Waals surface area contributed by atoms with Crippen molar-refractivity contribution in [1.82, 2.24) is 0 Å². The van der Waals surface area contributed by atoms with Gasteiger partial charge in [0.2, 0.25) is 0 Å². The van der Waals surface area contributed by atoms with Gasteiger partial charge in [-0.05, 0) is 56.8 Å². The fourth-order valence-corrected chi connectivity index (χ4v) is 3.13. The van der Waals surface area contributed by atoms with Crippen LogP contribution in [0.5, 0.6) is 0 Å². The molecule has 106 valence electrons. The standard InChI is InChI=1S/C17H17BrClI/c1-17(2,3)13-7-4-11(5-8-13)16(18)12-6-9-15(20)14(19)10-12/h4-10,16H,1-3H3. The molecule has 0 nitrogen and oxygen atoms in total. The molecule has 0 saturated carbocycles. The van der Waals surface area contributed by atoms with Gasteiger partial charge in [-0.15, -0.1) is 0 Å². The lowest BCUT2D eigenvalue weighted by Gasteiger charge is -2.20. The van der Waals surface area contributed by atoms with Crippen LogP contribution in [0, 0.1) is 3.57 Å². The third kappa shape index (κ3) is 3.77. The van der Waals surface area contributed by atoms with Gasteiger partial charge < -0.3 is 0 Å². The van der Waals surface area contributed by atoms with Crippen LogP contribution in [0.2, 0.25) is 5.02 Å². The molecule has 0 aliphatic heterocycles. The first-order valence-corrected chi connectivity index (χ1v) is 8.86. The van der Waals surface area contributed by atoms with Gasteiger partial charge in [-0.2, -0.15) is 0 Å². The maximum absolute atomic E-state index is 6.20. The molecule has 1 unspecified atom stereocenters. The Morgan fingerprint density at radius 1 is 1.00 bits per heavy atom. The summed E-state index contributed by atoms with van der Waals surface area (Å²) < 4.78 is 1.08. The van der Waals surface area contributed by atoms with E-state index in [2.05, 4.69) is 95.7 Å². The van der Waals surface area contributed by atoms with Crippen LogP contribution >= 0.6 is 50.1 Å². The molecule has 1 atom stereocenters. The third-order valence-corrected chi connectivity index (χ3v) is 5.94. The van der Waals surface area contributed by atoms with Crippen molar-refractivity contribution in [3.05, 3.63) is 67.7 Å². The summed E-state index contributed by atoms with van der Waals surface area (Å²) in [7, 11) is 0. The zero-order valence-corrected chi connectivity index (χ0v) is 16.3. The molecule has 0 heterocycles. The van der Waals surface area contributed by atoms with E-state index in [9.17, 15) is 0 Å². The Hall–Kier alpha value is -0.0600. The van der Waals surface area contributed by atoms with Crippen molar-refractivity contribution in [3.63, 3.8) is 0 Å². The maximum atomic E-state index is 6.20. The highest BCUT2D eigenvalue weighted by atomic mass is 127. The number of benzene rings is 2. The van der Waals surface area contributed by atoms with Gasteiger partial charge in [-0.1, -0.05) is 78.6 Å². The third-order valence-electron chi connectivity index (χ3n) is 3.31. The Morgan fingerprint density at radius 3 is 2.05 bits per heavy atom. The lowest BCUT2D eigenvalue weighted by Crippen LogP contribution is -2.10. The summed E-state index contributed by atoms with van der Waals surface area (Å²) in [5, 5.41) is 0.805. The summed E-state index contributed by atoms with van der Waals surface area (Å²) in [5.41, 5.74) is 3.96. The molecule has 2 aromatic rings. The lowest BCUT2D eigenvalue weighted by molar-refractivity contribution is 0.590. The van der Waals surface area contributed by atoms with E-state index in [0.29, 0.717) is 0 Å². The lowest BCUT2D eigenvalue weighted by atomic mass is 9.86. The second-order valence-corrected chi connectivity index (χ2v) is 8.39. The highest BCUT2D eigenvalue weighted by Gasteiger charge is 2.15. The fourth-order valence-electron chi connectivity index (χ4n) is 2.01. The minimum absolute atomic E-state index is 0.172. The summed E-state index contributed by atoms with van der Waals surface area (Å²) >= 11 is 12.2. The topological polar surface area (TPSA) is 0 Å². The van der Waals surface area contributed by atoms with Gasteiger partial charge >= 0.3 is 0 Å². The second kappa shape index (κ2) is 6.37. The molecule has 20 heavy (non-hydrogen) atoms. The fraction of sp³-hybridized carbons (Fsp3) is 0.294. The Kier molecular flexibility index (Phi) is 5.19. The average molecular weight is 464 g/mol. The molecule has 0 N–H and O–H groups in total. The second-order valence-electron chi connectivity index (χ2n) is 5.91. The van der Waals surface area contributed by atoms with E-state index in [1.54, 1.807) is 0 Å². The SMILES string of the molecule is CC(C)(C)c1ccc(C(Br)c2ccc(I)c(Cl)c2)cc1. The summed E-state index contributed by atoms with van der Waals surface area (Å²) in [6, 6.07) is 15.0. The van der Waals surface area contributed by atoms with Gasteiger partial charge in [0.25, 0.3) is 0 Å². The zero-order chi connectivity index (χ0) is 14.9. The molecule has 0 saturated heterocycles. The molecule has 2 rings (SSSR count). The monoisotopic (exact) mass is 462 g/mol. The van der Waals surface area contributed by atoms with E-state index in [4.69, 9.17) is 11.6 Å². The molecule has 0 aromatic heterocycles. The van der Waals surface area contributed by atoms with Crippen molar-refractivity contribution in [1.29, 1.82) is 0 Å². The molecule has 0 radical (unpaired) electrons. The maximum Gasteiger partial charge on any atom is 0.0645 e. The van der Waals surface area contributed by atoms with Crippen LogP contribution in [-0.4, -0.2) is 0 Å². The smallest absolute Gasteiger partial charge is 0.0645 e. The van der Waals surface area contributed by atoms with Crippen LogP contribution in [0.3, 0.4) is 0 Å². The first-order valence-electron chi connectivity index (χ1n) is 6.48. The van der Waals surface area contributed by atoms with Gasteiger partial charge in [0.05, 0.1) is 9.85 Å². The molecule has 0 spiro atoms. The van der Waals surface area contributed by atoms with E-state index in [-0.39, 0.29) is 10.2 Å². The van der Waals surface area contributed by atoms with Crippen LogP contribution in [0.1, 0.15) is 42.3 Å². The van der Waals surface area contributed by atoms with E-state index in [1.807, 2.05) is 6.07 Å². The van der Waals surface area contributed by atoms with E-state index in [0.717, 1.165) is 8.59 Å². The van der Waals surface area contributed by atoms with E-state index < -0.39 is 0 Å². The molecular weight excluding hydrogens is 446 g/mol. The Morgan fingerprint density at radius 2 is 1.55 bits per heavy atom. The van der Waals surface area contributed by atoms with E-state index in [1.165, 1.54) is 16.7 Å². The summed E-state index contributed by atoms with van der Waals surface area (Å²) in [5.74, 6) is 0. The first kappa shape index (κ1) is 16.3. The molecule has 0 aliphatic rings. The van der Waals surface area contributed by atoms with Crippen LogP contribution in [0.25, 0.3) is 0 Å². The average Bonchev–Trinajstić information content (AvgIpc) is 2.40. The first-order chi connectivity index (χ1) is 9.29. The van der Waals surface area contributed by atoms with Gasteiger partial charge in [0.15, 0.2) is 0 Å². The highest BCUT2D eigenvalue weighted by Crippen LogP contribution is 2.34.